The summed E-state index contributed by atoms with van der Waals surface area (Å²) in [7, 11) is 3.40. The van der Waals surface area contributed by atoms with Crippen molar-refractivity contribution in [3.63, 3.8) is 0 Å². The molecule has 1 fully saturated rings. The molecule has 1 atom stereocenters. The van der Waals surface area contributed by atoms with Crippen molar-refractivity contribution < 1.29 is 14.2 Å². The Kier molecular flexibility index (Phi) is 4.75. The second-order valence-electron chi connectivity index (χ2n) is 4.75. The van der Waals surface area contributed by atoms with Crippen molar-refractivity contribution in [3.8, 4) is 0 Å². The van der Waals surface area contributed by atoms with Gasteiger partial charge in [-0.3, -0.25) is 0 Å². The first-order chi connectivity index (χ1) is 8.80. The average Bonchev–Trinajstić information content (AvgIpc) is 2.46. The highest BCUT2D eigenvalue weighted by Crippen LogP contribution is 2.34. The Morgan fingerprint density at radius 2 is 1.83 bits per heavy atom. The maximum Gasteiger partial charge on any atom is 0.194 e. The van der Waals surface area contributed by atoms with Gasteiger partial charge in [0, 0.05) is 20.6 Å². The molecule has 1 aromatic carbocycles. The molecule has 1 aliphatic rings. The lowest BCUT2D eigenvalue weighted by Gasteiger charge is -2.41. The SMILES string of the molecule is COC1(OC)CCCCC1OCc1ccccc1. The minimum atomic E-state index is -0.562. The number of hydrogen-bond acceptors (Lipinski definition) is 3. The summed E-state index contributed by atoms with van der Waals surface area (Å²) in [6, 6.07) is 10.2. The van der Waals surface area contributed by atoms with Gasteiger partial charge >= 0.3 is 0 Å². The molecule has 3 nitrogen and oxygen atoms in total. The standard InChI is InChI=1S/C15H22O3/c1-16-15(17-2)11-7-6-10-14(15)18-12-13-8-4-3-5-9-13/h3-5,8-9,14H,6-7,10-12H2,1-2H3. The van der Waals surface area contributed by atoms with Crippen LogP contribution in [0.4, 0.5) is 0 Å². The largest absolute Gasteiger partial charge is 0.368 e. The van der Waals surface area contributed by atoms with Gasteiger partial charge in [0.1, 0.15) is 6.10 Å². The molecule has 0 heterocycles. The van der Waals surface area contributed by atoms with Crippen LogP contribution in [0.15, 0.2) is 30.3 Å². The van der Waals surface area contributed by atoms with Crippen molar-refractivity contribution in [1.82, 2.24) is 0 Å². The quantitative estimate of drug-likeness (QED) is 0.751. The van der Waals surface area contributed by atoms with Gasteiger partial charge in [0.25, 0.3) is 0 Å². The lowest BCUT2D eigenvalue weighted by Crippen LogP contribution is -2.49. The normalized spacial score (nSPS) is 22.9. The van der Waals surface area contributed by atoms with Gasteiger partial charge in [-0.25, -0.2) is 0 Å². The molecular formula is C15H22O3. The molecule has 100 valence electrons. The zero-order chi connectivity index (χ0) is 12.8. The van der Waals surface area contributed by atoms with E-state index in [2.05, 4.69) is 12.1 Å². The van der Waals surface area contributed by atoms with Gasteiger partial charge in [-0.2, -0.15) is 0 Å². The first-order valence-corrected chi connectivity index (χ1v) is 6.56. The topological polar surface area (TPSA) is 27.7 Å². The predicted octanol–water partition coefficient (Wildman–Crippen LogP) is 3.13. The molecule has 1 aliphatic carbocycles. The molecule has 3 heteroatoms. The van der Waals surface area contributed by atoms with Crippen molar-refractivity contribution in [1.29, 1.82) is 0 Å². The Labute approximate surface area is 109 Å². The van der Waals surface area contributed by atoms with Crippen LogP contribution in [-0.2, 0) is 20.8 Å². The molecular weight excluding hydrogens is 228 g/mol. The molecule has 1 aromatic rings. The van der Waals surface area contributed by atoms with E-state index in [-0.39, 0.29) is 6.10 Å². The van der Waals surface area contributed by atoms with E-state index < -0.39 is 5.79 Å². The summed E-state index contributed by atoms with van der Waals surface area (Å²) in [6.45, 7) is 0.611. The molecule has 0 aliphatic heterocycles. The number of methoxy groups -OCH3 is 2. The summed E-state index contributed by atoms with van der Waals surface area (Å²) < 4.78 is 17.2. The molecule has 0 amide bonds. The number of ether oxygens (including phenoxy) is 3. The Morgan fingerprint density at radius 1 is 1.11 bits per heavy atom. The zero-order valence-electron chi connectivity index (χ0n) is 11.2. The van der Waals surface area contributed by atoms with Gasteiger partial charge in [-0.15, -0.1) is 0 Å². The highest BCUT2D eigenvalue weighted by Gasteiger charge is 2.42. The van der Waals surface area contributed by atoms with Crippen molar-refractivity contribution in [2.45, 2.75) is 44.2 Å². The molecule has 2 rings (SSSR count). The molecule has 18 heavy (non-hydrogen) atoms. The van der Waals surface area contributed by atoms with Crippen LogP contribution < -0.4 is 0 Å². The van der Waals surface area contributed by atoms with E-state index in [1.54, 1.807) is 14.2 Å². The minimum absolute atomic E-state index is 0.0152. The lowest BCUT2D eigenvalue weighted by molar-refractivity contribution is -0.285. The van der Waals surface area contributed by atoms with E-state index in [4.69, 9.17) is 14.2 Å². The summed E-state index contributed by atoms with van der Waals surface area (Å²) >= 11 is 0. The van der Waals surface area contributed by atoms with Crippen LogP contribution in [0.1, 0.15) is 31.2 Å². The Bertz CT molecular complexity index is 346. The monoisotopic (exact) mass is 250 g/mol. The maximum atomic E-state index is 6.02. The van der Waals surface area contributed by atoms with Crippen LogP contribution in [0.2, 0.25) is 0 Å². The van der Waals surface area contributed by atoms with E-state index in [0.717, 1.165) is 19.3 Å². The fourth-order valence-electron chi connectivity index (χ4n) is 2.61. The van der Waals surface area contributed by atoms with Crippen LogP contribution in [0, 0.1) is 0 Å². The first kappa shape index (κ1) is 13.5. The van der Waals surface area contributed by atoms with Crippen LogP contribution in [0.3, 0.4) is 0 Å². The van der Waals surface area contributed by atoms with Gasteiger partial charge in [0.2, 0.25) is 0 Å². The van der Waals surface area contributed by atoms with E-state index in [9.17, 15) is 0 Å². The number of benzene rings is 1. The van der Waals surface area contributed by atoms with Crippen molar-refractivity contribution in [2.24, 2.45) is 0 Å². The second kappa shape index (κ2) is 6.32. The number of hydrogen-bond donors (Lipinski definition) is 0. The van der Waals surface area contributed by atoms with E-state index in [1.165, 1.54) is 12.0 Å². The summed E-state index contributed by atoms with van der Waals surface area (Å²) in [5.41, 5.74) is 1.18. The Hall–Kier alpha value is -0.900. The smallest absolute Gasteiger partial charge is 0.194 e. The van der Waals surface area contributed by atoms with Crippen LogP contribution >= 0.6 is 0 Å². The summed E-state index contributed by atoms with van der Waals surface area (Å²) in [6.07, 6.45) is 4.22. The highest BCUT2D eigenvalue weighted by atomic mass is 16.7. The third kappa shape index (κ3) is 2.91. The number of rotatable bonds is 5. The van der Waals surface area contributed by atoms with E-state index >= 15 is 0 Å². The molecule has 1 unspecified atom stereocenters. The molecule has 0 spiro atoms. The van der Waals surface area contributed by atoms with Crippen LogP contribution in [-0.4, -0.2) is 26.1 Å². The van der Waals surface area contributed by atoms with Crippen LogP contribution in [0.25, 0.3) is 0 Å². The van der Waals surface area contributed by atoms with Gasteiger partial charge in [-0.05, 0) is 18.4 Å². The van der Waals surface area contributed by atoms with Crippen molar-refractivity contribution >= 4 is 0 Å². The average molecular weight is 250 g/mol. The maximum absolute atomic E-state index is 6.02. The summed E-state index contributed by atoms with van der Waals surface area (Å²) in [5, 5.41) is 0. The predicted molar refractivity (Wildman–Crippen MR) is 70.2 cm³/mol. The van der Waals surface area contributed by atoms with Gasteiger partial charge < -0.3 is 14.2 Å². The van der Waals surface area contributed by atoms with Crippen molar-refractivity contribution in [2.75, 3.05) is 14.2 Å². The third-order valence-corrected chi connectivity index (χ3v) is 3.72. The van der Waals surface area contributed by atoms with Crippen molar-refractivity contribution in [3.05, 3.63) is 35.9 Å². The fraction of sp³-hybridized carbons (Fsp3) is 0.600. The highest BCUT2D eigenvalue weighted by molar-refractivity contribution is 5.13. The minimum Gasteiger partial charge on any atom is -0.368 e. The Balaban J connectivity index is 1.98. The zero-order valence-corrected chi connectivity index (χ0v) is 11.2. The van der Waals surface area contributed by atoms with Gasteiger partial charge in [-0.1, -0.05) is 36.8 Å². The third-order valence-electron chi connectivity index (χ3n) is 3.72. The van der Waals surface area contributed by atoms with Crippen LogP contribution in [0.5, 0.6) is 0 Å². The fourth-order valence-corrected chi connectivity index (χ4v) is 2.61. The molecule has 1 saturated carbocycles. The molecule has 0 N–H and O–H groups in total. The van der Waals surface area contributed by atoms with E-state index in [1.807, 2.05) is 18.2 Å². The molecule has 0 radical (unpaired) electrons. The Morgan fingerprint density at radius 3 is 2.50 bits per heavy atom. The lowest BCUT2D eigenvalue weighted by atomic mass is 9.91. The summed E-state index contributed by atoms with van der Waals surface area (Å²) in [5.74, 6) is -0.562. The first-order valence-electron chi connectivity index (χ1n) is 6.56. The molecule has 0 bridgehead atoms. The molecule has 0 saturated heterocycles. The second-order valence-corrected chi connectivity index (χ2v) is 4.75. The van der Waals surface area contributed by atoms with Gasteiger partial charge in [0.15, 0.2) is 5.79 Å². The van der Waals surface area contributed by atoms with Gasteiger partial charge in [0.05, 0.1) is 6.61 Å². The molecule has 0 aromatic heterocycles. The van der Waals surface area contributed by atoms with E-state index in [0.29, 0.717) is 6.61 Å². The summed E-state index contributed by atoms with van der Waals surface area (Å²) in [4.78, 5) is 0.